The topological polar surface area (TPSA) is 61.4 Å². The summed E-state index contributed by atoms with van der Waals surface area (Å²) in [7, 11) is 3.76. The zero-order valence-electron chi connectivity index (χ0n) is 12.5. The molecule has 1 N–H and O–H groups in total. The van der Waals surface area contributed by atoms with Crippen molar-refractivity contribution in [1.29, 1.82) is 0 Å². The standard InChI is InChI=1S/C14H23N5O/c1-4-11-13(15-2)16-10-17-14(11)18(3)9-12(20)19-7-5-6-8-19/h10H,4-9H2,1-3H3,(H,15,16,17). The summed E-state index contributed by atoms with van der Waals surface area (Å²) in [6.45, 7) is 4.21. The van der Waals surface area contributed by atoms with Crippen LogP contribution in [0.15, 0.2) is 6.33 Å². The summed E-state index contributed by atoms with van der Waals surface area (Å²) in [5.41, 5.74) is 1.05. The molecular weight excluding hydrogens is 254 g/mol. The Kier molecular flexibility index (Phi) is 4.76. The number of hydrogen-bond donors (Lipinski definition) is 1. The number of likely N-dealkylation sites (tertiary alicyclic amines) is 1. The highest BCUT2D eigenvalue weighted by Gasteiger charge is 2.21. The van der Waals surface area contributed by atoms with E-state index in [1.54, 1.807) is 0 Å². The Bertz CT molecular complexity index is 471. The summed E-state index contributed by atoms with van der Waals surface area (Å²) in [5.74, 6) is 1.84. The molecule has 0 atom stereocenters. The van der Waals surface area contributed by atoms with Crippen LogP contribution in [0.4, 0.5) is 11.6 Å². The number of nitrogens with one attached hydrogen (secondary N) is 1. The Labute approximate surface area is 120 Å². The molecule has 1 aliphatic heterocycles. The molecule has 1 aromatic heterocycles. The van der Waals surface area contributed by atoms with E-state index in [0.29, 0.717) is 6.54 Å². The van der Waals surface area contributed by atoms with Crippen molar-refractivity contribution in [3.63, 3.8) is 0 Å². The van der Waals surface area contributed by atoms with E-state index in [-0.39, 0.29) is 5.91 Å². The third-order valence-corrected chi connectivity index (χ3v) is 3.71. The van der Waals surface area contributed by atoms with Gasteiger partial charge in [0.15, 0.2) is 0 Å². The SMILES string of the molecule is CCc1c(NC)ncnc1N(C)CC(=O)N1CCCC1. The molecule has 1 saturated heterocycles. The van der Waals surface area contributed by atoms with Gasteiger partial charge >= 0.3 is 0 Å². The molecule has 0 spiro atoms. The van der Waals surface area contributed by atoms with E-state index in [2.05, 4.69) is 22.2 Å². The first-order valence-electron chi connectivity index (χ1n) is 7.18. The van der Waals surface area contributed by atoms with Crippen LogP contribution in [-0.4, -0.2) is 54.5 Å². The van der Waals surface area contributed by atoms with Gasteiger partial charge in [0.25, 0.3) is 0 Å². The van der Waals surface area contributed by atoms with Gasteiger partial charge in [0.1, 0.15) is 18.0 Å². The molecule has 1 amide bonds. The Morgan fingerprint density at radius 2 is 2.10 bits per heavy atom. The Morgan fingerprint density at radius 3 is 2.70 bits per heavy atom. The van der Waals surface area contributed by atoms with Crippen molar-refractivity contribution >= 4 is 17.5 Å². The normalized spacial score (nSPS) is 14.4. The highest BCUT2D eigenvalue weighted by molar-refractivity contribution is 5.81. The molecule has 6 heteroatoms. The summed E-state index contributed by atoms with van der Waals surface area (Å²) in [6.07, 6.45) is 4.60. The molecule has 20 heavy (non-hydrogen) atoms. The second kappa shape index (κ2) is 6.54. The van der Waals surface area contributed by atoms with E-state index >= 15 is 0 Å². The third kappa shape index (κ3) is 3.00. The summed E-state index contributed by atoms with van der Waals surface area (Å²) in [6, 6.07) is 0. The first-order valence-corrected chi connectivity index (χ1v) is 7.18. The van der Waals surface area contributed by atoms with Gasteiger partial charge in [-0.1, -0.05) is 6.92 Å². The quantitative estimate of drug-likeness (QED) is 0.874. The van der Waals surface area contributed by atoms with Gasteiger partial charge in [0.2, 0.25) is 5.91 Å². The molecule has 0 aliphatic carbocycles. The second-order valence-electron chi connectivity index (χ2n) is 5.07. The smallest absolute Gasteiger partial charge is 0.242 e. The number of amides is 1. The van der Waals surface area contributed by atoms with Crippen molar-refractivity contribution in [2.45, 2.75) is 26.2 Å². The van der Waals surface area contributed by atoms with Gasteiger partial charge in [-0.3, -0.25) is 4.79 Å². The second-order valence-corrected chi connectivity index (χ2v) is 5.07. The van der Waals surface area contributed by atoms with E-state index in [9.17, 15) is 4.79 Å². The molecule has 0 bridgehead atoms. The average molecular weight is 277 g/mol. The van der Waals surface area contributed by atoms with Crippen LogP contribution in [0.25, 0.3) is 0 Å². The summed E-state index contributed by atoms with van der Waals surface area (Å²) >= 11 is 0. The number of aromatic nitrogens is 2. The minimum absolute atomic E-state index is 0.177. The first kappa shape index (κ1) is 14.6. The average Bonchev–Trinajstić information content (AvgIpc) is 3.00. The van der Waals surface area contributed by atoms with E-state index < -0.39 is 0 Å². The number of hydrogen-bond acceptors (Lipinski definition) is 5. The van der Waals surface area contributed by atoms with Gasteiger partial charge in [0, 0.05) is 32.7 Å². The minimum Gasteiger partial charge on any atom is -0.373 e. The number of carbonyl (C=O) groups excluding carboxylic acids is 1. The summed E-state index contributed by atoms with van der Waals surface area (Å²) < 4.78 is 0. The molecule has 2 heterocycles. The minimum atomic E-state index is 0.177. The van der Waals surface area contributed by atoms with Gasteiger partial charge in [-0.15, -0.1) is 0 Å². The molecule has 1 aliphatic rings. The van der Waals surface area contributed by atoms with Crippen molar-refractivity contribution in [3.05, 3.63) is 11.9 Å². The predicted molar refractivity (Wildman–Crippen MR) is 80.0 cm³/mol. The van der Waals surface area contributed by atoms with Crippen molar-refractivity contribution in [2.75, 3.05) is 43.9 Å². The fourth-order valence-electron chi connectivity index (χ4n) is 2.62. The van der Waals surface area contributed by atoms with Crippen LogP contribution in [0.5, 0.6) is 0 Å². The molecule has 0 aromatic carbocycles. The number of likely N-dealkylation sites (N-methyl/N-ethyl adjacent to an activating group) is 1. The Hall–Kier alpha value is -1.85. The Balaban J connectivity index is 2.12. The van der Waals surface area contributed by atoms with Crippen LogP contribution in [0, 0.1) is 0 Å². The van der Waals surface area contributed by atoms with Crippen molar-refractivity contribution in [2.24, 2.45) is 0 Å². The lowest BCUT2D eigenvalue weighted by Crippen LogP contribution is -2.38. The molecule has 0 saturated carbocycles. The molecule has 2 rings (SSSR count). The van der Waals surface area contributed by atoms with Gasteiger partial charge in [0.05, 0.1) is 6.54 Å². The van der Waals surface area contributed by atoms with Crippen LogP contribution >= 0.6 is 0 Å². The molecule has 0 unspecified atom stereocenters. The predicted octanol–water partition coefficient (Wildman–Crippen LogP) is 1.14. The van der Waals surface area contributed by atoms with Gasteiger partial charge < -0.3 is 15.1 Å². The fraction of sp³-hybridized carbons (Fsp3) is 0.643. The van der Waals surface area contributed by atoms with Crippen molar-refractivity contribution in [3.8, 4) is 0 Å². The molecule has 1 fully saturated rings. The van der Waals surface area contributed by atoms with Crippen LogP contribution in [0.1, 0.15) is 25.3 Å². The maximum atomic E-state index is 12.2. The largest absolute Gasteiger partial charge is 0.373 e. The number of rotatable bonds is 5. The van der Waals surface area contributed by atoms with E-state index in [4.69, 9.17) is 0 Å². The van der Waals surface area contributed by atoms with Crippen LogP contribution < -0.4 is 10.2 Å². The van der Waals surface area contributed by atoms with Crippen molar-refractivity contribution in [1.82, 2.24) is 14.9 Å². The molecular formula is C14H23N5O. The maximum absolute atomic E-state index is 12.2. The van der Waals surface area contributed by atoms with Gasteiger partial charge in [-0.05, 0) is 19.3 Å². The lowest BCUT2D eigenvalue weighted by molar-refractivity contribution is -0.128. The third-order valence-electron chi connectivity index (χ3n) is 3.71. The molecule has 1 aromatic rings. The lowest BCUT2D eigenvalue weighted by Gasteiger charge is -2.24. The zero-order valence-corrected chi connectivity index (χ0v) is 12.5. The van der Waals surface area contributed by atoms with E-state index in [1.807, 2.05) is 23.9 Å². The van der Waals surface area contributed by atoms with Crippen LogP contribution in [0.3, 0.4) is 0 Å². The lowest BCUT2D eigenvalue weighted by atomic mass is 10.2. The highest BCUT2D eigenvalue weighted by atomic mass is 16.2. The maximum Gasteiger partial charge on any atom is 0.242 e. The van der Waals surface area contributed by atoms with Crippen LogP contribution in [0.2, 0.25) is 0 Å². The number of anilines is 2. The zero-order chi connectivity index (χ0) is 14.5. The first-order chi connectivity index (χ1) is 9.67. The Morgan fingerprint density at radius 1 is 1.40 bits per heavy atom. The van der Waals surface area contributed by atoms with E-state index in [0.717, 1.165) is 49.6 Å². The number of carbonyl (C=O) groups is 1. The molecule has 110 valence electrons. The van der Waals surface area contributed by atoms with E-state index in [1.165, 1.54) is 6.33 Å². The summed E-state index contributed by atoms with van der Waals surface area (Å²) in [4.78, 5) is 24.6. The fourth-order valence-corrected chi connectivity index (χ4v) is 2.62. The van der Waals surface area contributed by atoms with Crippen LogP contribution in [-0.2, 0) is 11.2 Å². The monoisotopic (exact) mass is 277 g/mol. The molecule has 6 nitrogen and oxygen atoms in total. The van der Waals surface area contributed by atoms with Gasteiger partial charge in [-0.25, -0.2) is 9.97 Å². The highest BCUT2D eigenvalue weighted by Crippen LogP contribution is 2.23. The van der Waals surface area contributed by atoms with Gasteiger partial charge in [-0.2, -0.15) is 0 Å². The molecule has 0 radical (unpaired) electrons. The number of nitrogens with zero attached hydrogens (tertiary/aromatic N) is 4. The van der Waals surface area contributed by atoms with Crippen molar-refractivity contribution < 1.29 is 4.79 Å². The summed E-state index contributed by atoms with van der Waals surface area (Å²) in [5, 5.41) is 3.08.